The summed E-state index contributed by atoms with van der Waals surface area (Å²) in [4.78, 5) is 0. The molecule has 0 N–H and O–H groups in total. The number of rotatable bonds is 0. The van der Waals surface area contributed by atoms with Crippen LogP contribution in [0, 0.1) is 0 Å². The maximum atomic E-state index is 2.63. The minimum atomic E-state index is 0. The van der Waals surface area contributed by atoms with Crippen LogP contribution in [0.1, 0.15) is 0 Å². The second-order valence-corrected chi connectivity index (χ2v) is 2.08. The van der Waals surface area contributed by atoms with Crippen LogP contribution >= 0.6 is 9.24 Å². The topological polar surface area (TPSA) is 0 Å². The smallest absolute Gasteiger partial charge is 0 e. The Kier molecular flexibility index (Phi) is 4.36. The zero-order valence-electron chi connectivity index (χ0n) is 4.30. The van der Waals surface area contributed by atoms with E-state index in [1.54, 1.807) is 0 Å². The van der Waals surface area contributed by atoms with Crippen molar-refractivity contribution in [3.05, 3.63) is 30.3 Å². The van der Waals surface area contributed by atoms with E-state index in [4.69, 9.17) is 0 Å². The fourth-order valence-electron chi connectivity index (χ4n) is 0.453. The molecule has 0 aliphatic rings. The van der Waals surface area contributed by atoms with E-state index in [1.807, 2.05) is 30.3 Å². The summed E-state index contributed by atoms with van der Waals surface area (Å²) in [5.41, 5.74) is 0. The molecule has 45 valence electrons. The minimum absolute atomic E-state index is 0. The monoisotopic (exact) mass is 303 g/mol. The van der Waals surface area contributed by atoms with Crippen LogP contribution in [-0.4, -0.2) is 0 Å². The van der Waals surface area contributed by atoms with Crippen LogP contribution in [0.15, 0.2) is 30.3 Å². The van der Waals surface area contributed by atoms with Crippen LogP contribution in [0.25, 0.3) is 0 Å². The summed E-state index contributed by atoms with van der Waals surface area (Å²) in [6.07, 6.45) is 0. The van der Waals surface area contributed by atoms with Gasteiger partial charge in [0.1, 0.15) is 0 Å². The third-order valence-corrected chi connectivity index (χ3v) is 1.18. The van der Waals surface area contributed by atoms with Gasteiger partial charge in [-0.3, -0.25) is 0 Å². The quantitative estimate of drug-likeness (QED) is 0.632. The third-order valence-electron chi connectivity index (χ3n) is 0.800. The Morgan fingerprint density at radius 1 is 1.00 bits per heavy atom. The van der Waals surface area contributed by atoms with E-state index >= 15 is 0 Å². The maximum Gasteiger partial charge on any atom is 0 e. The molecule has 8 heavy (non-hydrogen) atoms. The van der Waals surface area contributed by atoms with Crippen LogP contribution in [0.3, 0.4) is 0 Å². The molecule has 0 heterocycles. The molecule has 0 aliphatic heterocycles. The molecule has 0 fully saturated rings. The molecular formula is C6H7IrP. The van der Waals surface area contributed by atoms with Gasteiger partial charge >= 0.3 is 0 Å². The first-order valence-electron chi connectivity index (χ1n) is 2.20. The zero-order valence-corrected chi connectivity index (χ0v) is 7.85. The predicted octanol–water partition coefficient (Wildman–Crippen LogP) is 1.18. The average Bonchev–Trinajstić information content (AvgIpc) is 1.69. The summed E-state index contributed by atoms with van der Waals surface area (Å²) in [6, 6.07) is 10.1. The van der Waals surface area contributed by atoms with Crippen molar-refractivity contribution in [1.29, 1.82) is 0 Å². The molecule has 0 amide bonds. The molecule has 0 aromatic heterocycles. The standard InChI is InChI=1S/C6H7P.Ir/c7-6-4-2-1-3-5-6;/h1-5H,7H2;. The largest absolute Gasteiger partial charge is 0.106 e. The summed E-state index contributed by atoms with van der Waals surface area (Å²) in [5.74, 6) is 0. The van der Waals surface area contributed by atoms with Gasteiger partial charge in [-0.2, -0.15) is 0 Å². The van der Waals surface area contributed by atoms with Gasteiger partial charge in [0.05, 0.1) is 0 Å². The van der Waals surface area contributed by atoms with Crippen LogP contribution in [0.5, 0.6) is 0 Å². The van der Waals surface area contributed by atoms with E-state index in [0.717, 1.165) is 0 Å². The van der Waals surface area contributed by atoms with Crippen molar-refractivity contribution in [2.45, 2.75) is 0 Å². The Morgan fingerprint density at radius 3 is 1.75 bits per heavy atom. The van der Waals surface area contributed by atoms with Crippen LogP contribution in [-0.2, 0) is 20.1 Å². The van der Waals surface area contributed by atoms with Crippen molar-refractivity contribution >= 4 is 14.5 Å². The molecule has 1 radical (unpaired) electrons. The number of hydrogen-bond acceptors (Lipinski definition) is 0. The Bertz CT molecular complexity index is 138. The van der Waals surface area contributed by atoms with Gasteiger partial charge in [0, 0.05) is 20.1 Å². The minimum Gasteiger partial charge on any atom is -0.106 e. The van der Waals surface area contributed by atoms with Crippen molar-refractivity contribution in [2.75, 3.05) is 0 Å². The molecule has 0 nitrogen and oxygen atoms in total. The molecule has 0 aliphatic carbocycles. The maximum absolute atomic E-state index is 2.63. The van der Waals surface area contributed by atoms with Gasteiger partial charge in [0.2, 0.25) is 0 Å². The molecule has 1 aromatic rings. The first-order valence-corrected chi connectivity index (χ1v) is 2.78. The van der Waals surface area contributed by atoms with E-state index < -0.39 is 0 Å². The molecule has 1 aromatic carbocycles. The number of benzene rings is 1. The van der Waals surface area contributed by atoms with Crippen LogP contribution in [0.4, 0.5) is 0 Å². The van der Waals surface area contributed by atoms with Crippen molar-refractivity contribution < 1.29 is 20.1 Å². The van der Waals surface area contributed by atoms with Gasteiger partial charge in [-0.25, -0.2) is 0 Å². The Balaban J connectivity index is 0.000000490. The first-order chi connectivity index (χ1) is 3.39. The average molecular weight is 302 g/mol. The van der Waals surface area contributed by atoms with Crippen molar-refractivity contribution in [3.8, 4) is 0 Å². The van der Waals surface area contributed by atoms with E-state index in [9.17, 15) is 0 Å². The summed E-state index contributed by atoms with van der Waals surface area (Å²) >= 11 is 0. The second-order valence-electron chi connectivity index (χ2n) is 1.41. The van der Waals surface area contributed by atoms with Crippen LogP contribution < -0.4 is 5.30 Å². The fourth-order valence-corrected chi connectivity index (χ4v) is 0.675. The molecule has 0 saturated carbocycles. The predicted molar refractivity (Wildman–Crippen MR) is 35.8 cm³/mol. The first kappa shape index (κ1) is 8.30. The van der Waals surface area contributed by atoms with Gasteiger partial charge < -0.3 is 0 Å². The van der Waals surface area contributed by atoms with Crippen molar-refractivity contribution in [1.82, 2.24) is 0 Å². The van der Waals surface area contributed by atoms with Gasteiger partial charge in [-0.1, -0.05) is 30.3 Å². The Morgan fingerprint density at radius 2 is 1.50 bits per heavy atom. The third kappa shape index (κ3) is 2.57. The van der Waals surface area contributed by atoms with Gasteiger partial charge in [-0.15, -0.1) is 9.24 Å². The number of hydrogen-bond donors (Lipinski definition) is 0. The normalized spacial score (nSPS) is 7.62. The van der Waals surface area contributed by atoms with Gasteiger partial charge in [-0.05, 0) is 5.30 Å². The van der Waals surface area contributed by atoms with Gasteiger partial charge in [0.15, 0.2) is 0 Å². The Hall–Kier alpha value is 0.299. The summed E-state index contributed by atoms with van der Waals surface area (Å²) in [7, 11) is 2.63. The molecule has 1 rings (SSSR count). The fraction of sp³-hybridized carbons (Fsp3) is 0. The molecule has 1 unspecified atom stereocenters. The molecule has 2 heteroatoms. The summed E-state index contributed by atoms with van der Waals surface area (Å²) < 4.78 is 0. The van der Waals surface area contributed by atoms with E-state index in [0.29, 0.717) is 0 Å². The van der Waals surface area contributed by atoms with Crippen LogP contribution in [0.2, 0.25) is 0 Å². The van der Waals surface area contributed by atoms with Crippen molar-refractivity contribution in [2.24, 2.45) is 0 Å². The summed E-state index contributed by atoms with van der Waals surface area (Å²) in [5, 5.41) is 1.24. The summed E-state index contributed by atoms with van der Waals surface area (Å²) in [6.45, 7) is 0. The van der Waals surface area contributed by atoms with E-state index in [1.165, 1.54) is 5.30 Å². The Labute approximate surface area is 65.2 Å². The van der Waals surface area contributed by atoms with Gasteiger partial charge in [0.25, 0.3) is 0 Å². The molecule has 0 bridgehead atoms. The SMILES string of the molecule is Pc1ccccc1.[Ir]. The molecule has 0 spiro atoms. The molecule has 1 atom stereocenters. The molecular weight excluding hydrogens is 295 g/mol. The molecule has 0 saturated heterocycles. The van der Waals surface area contributed by atoms with Crippen molar-refractivity contribution in [3.63, 3.8) is 0 Å². The zero-order chi connectivity index (χ0) is 5.11. The van der Waals surface area contributed by atoms with E-state index in [2.05, 4.69) is 9.24 Å². The second kappa shape index (κ2) is 4.21. The van der Waals surface area contributed by atoms with E-state index in [-0.39, 0.29) is 20.1 Å².